The molecule has 0 atom stereocenters. The highest BCUT2D eigenvalue weighted by Gasteiger charge is 2.16. The van der Waals surface area contributed by atoms with Gasteiger partial charge in [-0.15, -0.1) is 0 Å². The molecule has 0 spiro atoms. The number of amides is 2. The van der Waals surface area contributed by atoms with Gasteiger partial charge in [0.25, 0.3) is 11.8 Å². The van der Waals surface area contributed by atoms with Crippen molar-refractivity contribution >= 4 is 33.4 Å². The SMILES string of the molecule is CN(C)C(=O)c1ccc(NC(=O)COc2ccc(C(C)(C)C)cc2Br)cc1. The third kappa shape index (κ3) is 5.82. The Hall–Kier alpha value is -2.34. The van der Waals surface area contributed by atoms with Gasteiger partial charge in [-0.25, -0.2) is 0 Å². The Balaban J connectivity index is 1.94. The van der Waals surface area contributed by atoms with Crippen molar-refractivity contribution in [2.75, 3.05) is 26.0 Å². The Labute approximate surface area is 168 Å². The zero-order chi connectivity index (χ0) is 20.2. The zero-order valence-corrected chi connectivity index (χ0v) is 17.9. The Kier molecular flexibility index (Phi) is 6.65. The molecule has 0 saturated carbocycles. The van der Waals surface area contributed by atoms with Crippen LogP contribution in [0.15, 0.2) is 46.9 Å². The highest BCUT2D eigenvalue weighted by molar-refractivity contribution is 9.10. The van der Waals surface area contributed by atoms with Gasteiger partial charge < -0.3 is 15.0 Å². The quantitative estimate of drug-likeness (QED) is 0.757. The molecule has 144 valence electrons. The lowest BCUT2D eigenvalue weighted by molar-refractivity contribution is -0.118. The largest absolute Gasteiger partial charge is 0.483 e. The first-order valence-electron chi connectivity index (χ1n) is 8.62. The second-order valence-electron chi connectivity index (χ2n) is 7.51. The molecule has 27 heavy (non-hydrogen) atoms. The summed E-state index contributed by atoms with van der Waals surface area (Å²) in [5, 5.41) is 2.76. The van der Waals surface area contributed by atoms with Crippen molar-refractivity contribution in [1.29, 1.82) is 0 Å². The molecule has 0 aliphatic heterocycles. The van der Waals surface area contributed by atoms with Crippen LogP contribution in [0.3, 0.4) is 0 Å². The summed E-state index contributed by atoms with van der Waals surface area (Å²) >= 11 is 3.50. The van der Waals surface area contributed by atoms with Crippen molar-refractivity contribution in [3.63, 3.8) is 0 Å². The van der Waals surface area contributed by atoms with Crippen molar-refractivity contribution in [2.45, 2.75) is 26.2 Å². The van der Waals surface area contributed by atoms with E-state index in [0.29, 0.717) is 17.0 Å². The van der Waals surface area contributed by atoms with Gasteiger partial charge in [0.15, 0.2) is 6.61 Å². The third-order valence-corrected chi connectivity index (χ3v) is 4.60. The molecule has 0 unspecified atom stereocenters. The van der Waals surface area contributed by atoms with Gasteiger partial charge in [-0.1, -0.05) is 26.8 Å². The predicted octanol–water partition coefficient (Wildman–Crippen LogP) is 4.47. The van der Waals surface area contributed by atoms with Crippen molar-refractivity contribution in [3.8, 4) is 5.75 Å². The molecular weight excluding hydrogens is 408 g/mol. The fourth-order valence-corrected chi connectivity index (χ4v) is 2.87. The molecular formula is C21H25BrN2O3. The van der Waals surface area contributed by atoms with Crippen LogP contribution >= 0.6 is 15.9 Å². The summed E-state index contributed by atoms with van der Waals surface area (Å²) in [5.41, 5.74) is 2.40. The standard InChI is InChI=1S/C21H25BrN2O3/c1-21(2,3)15-8-11-18(17(22)12-15)27-13-19(25)23-16-9-6-14(7-10-16)20(26)24(4)5/h6-12H,13H2,1-5H3,(H,23,25). The van der Waals surface area contributed by atoms with Crippen LogP contribution in [-0.4, -0.2) is 37.4 Å². The van der Waals surface area contributed by atoms with Gasteiger partial charge in [0.1, 0.15) is 5.75 Å². The van der Waals surface area contributed by atoms with Gasteiger partial charge in [0.2, 0.25) is 0 Å². The minimum Gasteiger partial charge on any atom is -0.483 e. The number of anilines is 1. The number of carbonyl (C=O) groups excluding carboxylic acids is 2. The van der Waals surface area contributed by atoms with E-state index in [2.05, 4.69) is 42.0 Å². The number of halogens is 1. The second-order valence-corrected chi connectivity index (χ2v) is 8.36. The lowest BCUT2D eigenvalue weighted by Gasteiger charge is -2.20. The van der Waals surface area contributed by atoms with Crippen molar-refractivity contribution < 1.29 is 14.3 Å². The Morgan fingerprint density at radius 1 is 1.07 bits per heavy atom. The number of hydrogen-bond acceptors (Lipinski definition) is 3. The number of benzene rings is 2. The van der Waals surface area contributed by atoms with Crippen LogP contribution in [0.2, 0.25) is 0 Å². The van der Waals surface area contributed by atoms with E-state index in [1.54, 1.807) is 38.4 Å². The molecule has 0 bridgehead atoms. The van der Waals surface area contributed by atoms with Crippen molar-refractivity contribution in [2.24, 2.45) is 0 Å². The van der Waals surface area contributed by atoms with Crippen LogP contribution in [0.25, 0.3) is 0 Å². The number of nitrogens with zero attached hydrogens (tertiary/aromatic N) is 1. The summed E-state index contributed by atoms with van der Waals surface area (Å²) in [4.78, 5) is 25.5. The minimum atomic E-state index is -0.270. The molecule has 0 saturated heterocycles. The fourth-order valence-electron chi connectivity index (χ4n) is 2.38. The summed E-state index contributed by atoms with van der Waals surface area (Å²) in [6.45, 7) is 6.31. The third-order valence-electron chi connectivity index (χ3n) is 3.98. The molecule has 0 aliphatic carbocycles. The zero-order valence-electron chi connectivity index (χ0n) is 16.3. The Morgan fingerprint density at radius 2 is 1.70 bits per heavy atom. The van der Waals surface area contributed by atoms with E-state index in [0.717, 1.165) is 4.47 Å². The van der Waals surface area contributed by atoms with E-state index in [1.165, 1.54) is 10.5 Å². The normalized spacial score (nSPS) is 11.0. The van der Waals surface area contributed by atoms with E-state index < -0.39 is 0 Å². The van der Waals surface area contributed by atoms with Crippen LogP contribution in [0.5, 0.6) is 5.75 Å². The molecule has 0 aromatic heterocycles. The summed E-state index contributed by atoms with van der Waals surface area (Å²) in [6.07, 6.45) is 0. The Bertz CT molecular complexity index is 824. The van der Waals surface area contributed by atoms with Crippen LogP contribution in [-0.2, 0) is 10.2 Å². The van der Waals surface area contributed by atoms with Crippen LogP contribution in [0, 0.1) is 0 Å². The first-order valence-corrected chi connectivity index (χ1v) is 9.41. The average Bonchev–Trinajstić information content (AvgIpc) is 2.59. The van der Waals surface area contributed by atoms with E-state index in [1.807, 2.05) is 18.2 Å². The molecule has 2 amide bonds. The summed E-state index contributed by atoms with van der Waals surface area (Å²) < 4.78 is 6.43. The van der Waals surface area contributed by atoms with Crippen LogP contribution < -0.4 is 10.1 Å². The lowest BCUT2D eigenvalue weighted by Crippen LogP contribution is -2.22. The summed E-state index contributed by atoms with van der Waals surface area (Å²) in [5.74, 6) is 0.262. The number of nitrogens with one attached hydrogen (secondary N) is 1. The van der Waals surface area contributed by atoms with Crippen LogP contribution in [0.4, 0.5) is 5.69 Å². The Morgan fingerprint density at radius 3 is 2.22 bits per heavy atom. The van der Waals surface area contributed by atoms with Gasteiger partial charge in [0, 0.05) is 25.3 Å². The highest BCUT2D eigenvalue weighted by Crippen LogP contribution is 2.31. The van der Waals surface area contributed by atoms with E-state index in [9.17, 15) is 9.59 Å². The smallest absolute Gasteiger partial charge is 0.262 e. The van der Waals surface area contributed by atoms with Gasteiger partial charge in [-0.05, 0) is 63.3 Å². The number of rotatable bonds is 5. The highest BCUT2D eigenvalue weighted by atomic mass is 79.9. The monoisotopic (exact) mass is 432 g/mol. The van der Waals surface area contributed by atoms with Gasteiger partial charge in [-0.3, -0.25) is 9.59 Å². The molecule has 6 heteroatoms. The maximum absolute atomic E-state index is 12.1. The van der Waals surface area contributed by atoms with Crippen molar-refractivity contribution in [1.82, 2.24) is 4.90 Å². The molecule has 2 aromatic rings. The van der Waals surface area contributed by atoms with Crippen LogP contribution in [0.1, 0.15) is 36.7 Å². The molecule has 0 heterocycles. The number of carbonyl (C=O) groups is 2. The maximum Gasteiger partial charge on any atom is 0.262 e. The summed E-state index contributed by atoms with van der Waals surface area (Å²) in [7, 11) is 3.39. The molecule has 5 nitrogen and oxygen atoms in total. The molecule has 2 rings (SSSR count). The van der Waals surface area contributed by atoms with Gasteiger partial charge >= 0.3 is 0 Å². The fraction of sp³-hybridized carbons (Fsp3) is 0.333. The summed E-state index contributed by atoms with van der Waals surface area (Å²) in [6, 6.07) is 12.6. The number of ether oxygens (including phenoxy) is 1. The first kappa shape index (κ1) is 21.0. The molecule has 2 aromatic carbocycles. The number of hydrogen-bond donors (Lipinski definition) is 1. The first-order chi connectivity index (χ1) is 12.6. The van der Waals surface area contributed by atoms with Gasteiger partial charge in [0.05, 0.1) is 4.47 Å². The van der Waals surface area contributed by atoms with Crippen molar-refractivity contribution in [3.05, 3.63) is 58.1 Å². The molecule has 0 fully saturated rings. The second kappa shape index (κ2) is 8.57. The maximum atomic E-state index is 12.1. The lowest BCUT2D eigenvalue weighted by atomic mass is 9.87. The van der Waals surface area contributed by atoms with E-state index >= 15 is 0 Å². The topological polar surface area (TPSA) is 58.6 Å². The molecule has 1 N–H and O–H groups in total. The van der Waals surface area contributed by atoms with E-state index in [4.69, 9.17) is 4.74 Å². The van der Waals surface area contributed by atoms with Gasteiger partial charge in [-0.2, -0.15) is 0 Å². The molecule has 0 radical (unpaired) electrons. The molecule has 0 aliphatic rings. The minimum absolute atomic E-state index is 0.0402. The predicted molar refractivity (Wildman–Crippen MR) is 111 cm³/mol. The van der Waals surface area contributed by atoms with E-state index in [-0.39, 0.29) is 23.8 Å². The average molecular weight is 433 g/mol.